The molecule has 1 amide bonds. The first-order valence-corrected chi connectivity index (χ1v) is 10.9. The van der Waals surface area contributed by atoms with Gasteiger partial charge in [0.1, 0.15) is 6.54 Å². The lowest BCUT2D eigenvalue weighted by molar-refractivity contribution is -0.116. The maximum Gasteiger partial charge on any atom is 0.246 e. The van der Waals surface area contributed by atoms with E-state index >= 15 is 0 Å². The number of hydrogen-bond acceptors (Lipinski definition) is 4. The van der Waals surface area contributed by atoms with Crippen molar-refractivity contribution in [2.75, 3.05) is 10.6 Å². The van der Waals surface area contributed by atoms with Crippen molar-refractivity contribution in [1.82, 2.24) is 14.3 Å². The quantitative estimate of drug-likeness (QED) is 0.349. The van der Waals surface area contributed by atoms with Gasteiger partial charge in [-0.2, -0.15) is 5.10 Å². The molecule has 3 aromatic carbocycles. The molecule has 0 fully saturated rings. The second kappa shape index (κ2) is 9.80. The van der Waals surface area contributed by atoms with Gasteiger partial charge in [-0.3, -0.25) is 9.36 Å². The number of nitrogens with one attached hydrogen (secondary N) is 2. The largest absolute Gasteiger partial charge is 0.378 e. The lowest BCUT2D eigenvalue weighted by atomic mass is 10.2. The van der Waals surface area contributed by atoms with Crippen molar-refractivity contribution in [1.29, 1.82) is 0 Å². The van der Waals surface area contributed by atoms with Crippen LogP contribution in [0.5, 0.6) is 0 Å². The Morgan fingerprint density at radius 1 is 1.00 bits per heavy atom. The molecule has 0 aliphatic heterocycles. The summed E-state index contributed by atoms with van der Waals surface area (Å²) >= 11 is 11.8. The van der Waals surface area contributed by atoms with Gasteiger partial charge in [0.25, 0.3) is 0 Å². The number of benzene rings is 3. The lowest BCUT2D eigenvalue weighted by Crippen LogP contribution is -2.20. The van der Waals surface area contributed by atoms with Gasteiger partial charge in [-0.1, -0.05) is 53.6 Å². The van der Waals surface area contributed by atoms with E-state index in [4.69, 9.17) is 23.8 Å². The minimum atomic E-state index is -0.197. The van der Waals surface area contributed by atoms with Crippen LogP contribution in [-0.2, 0) is 17.9 Å². The molecular weight excluding hydrogens is 442 g/mol. The number of nitrogens with zero attached hydrogens (tertiary/aromatic N) is 3. The molecule has 1 heterocycles. The number of rotatable bonds is 7. The normalized spacial score (nSPS) is 10.7. The summed E-state index contributed by atoms with van der Waals surface area (Å²) in [5, 5.41) is 11.5. The summed E-state index contributed by atoms with van der Waals surface area (Å²) in [6, 6.07) is 24.8. The van der Waals surface area contributed by atoms with Gasteiger partial charge in [0.05, 0.1) is 6.54 Å². The van der Waals surface area contributed by atoms with Crippen LogP contribution in [0.15, 0.2) is 78.9 Å². The highest BCUT2D eigenvalue weighted by molar-refractivity contribution is 7.71. The molecule has 0 bridgehead atoms. The van der Waals surface area contributed by atoms with Crippen molar-refractivity contribution in [2.45, 2.75) is 20.0 Å². The standard InChI is InChI=1S/C24H22ClN5OS/c1-17-10-12-19(13-11-17)27-23(31)16-29-24(32)30(21-8-3-2-4-9-21)22(28-29)15-26-20-7-5-6-18(25)14-20/h2-14,26H,15-16H2,1H3,(H,27,31). The van der Waals surface area contributed by atoms with E-state index in [1.165, 1.54) is 0 Å². The zero-order valence-corrected chi connectivity index (χ0v) is 19.0. The highest BCUT2D eigenvalue weighted by Gasteiger charge is 2.15. The molecule has 4 rings (SSSR count). The van der Waals surface area contributed by atoms with E-state index in [2.05, 4.69) is 15.7 Å². The molecule has 0 aliphatic rings. The van der Waals surface area contributed by atoms with Crippen molar-refractivity contribution in [3.8, 4) is 5.69 Å². The molecule has 1 aromatic heterocycles. The van der Waals surface area contributed by atoms with Gasteiger partial charge in [-0.15, -0.1) is 0 Å². The Morgan fingerprint density at radius 3 is 2.47 bits per heavy atom. The highest BCUT2D eigenvalue weighted by Crippen LogP contribution is 2.18. The number of anilines is 2. The summed E-state index contributed by atoms with van der Waals surface area (Å²) in [4.78, 5) is 12.6. The number of carbonyl (C=O) groups is 1. The fourth-order valence-corrected chi connectivity index (χ4v) is 3.77. The maximum atomic E-state index is 12.6. The van der Waals surface area contributed by atoms with Gasteiger partial charge < -0.3 is 10.6 Å². The molecule has 0 spiro atoms. The zero-order valence-electron chi connectivity index (χ0n) is 17.5. The van der Waals surface area contributed by atoms with E-state index in [0.29, 0.717) is 22.2 Å². The van der Waals surface area contributed by atoms with E-state index in [1.807, 2.05) is 90.4 Å². The van der Waals surface area contributed by atoms with E-state index in [-0.39, 0.29) is 12.5 Å². The average molecular weight is 464 g/mol. The monoisotopic (exact) mass is 463 g/mol. The molecule has 0 radical (unpaired) electrons. The van der Waals surface area contributed by atoms with Crippen LogP contribution in [0.4, 0.5) is 11.4 Å². The molecule has 0 saturated carbocycles. The van der Waals surface area contributed by atoms with Crippen molar-refractivity contribution >= 4 is 41.1 Å². The SMILES string of the molecule is Cc1ccc(NC(=O)Cn2nc(CNc3cccc(Cl)c3)n(-c3ccccc3)c2=S)cc1. The Hall–Kier alpha value is -3.42. The van der Waals surface area contributed by atoms with Crippen LogP contribution < -0.4 is 10.6 Å². The predicted octanol–water partition coefficient (Wildman–Crippen LogP) is 5.62. The molecule has 162 valence electrons. The minimum absolute atomic E-state index is 0.0106. The van der Waals surface area contributed by atoms with Crippen LogP contribution in [0.1, 0.15) is 11.4 Å². The molecule has 0 aliphatic carbocycles. The van der Waals surface area contributed by atoms with Crippen molar-refractivity contribution in [2.24, 2.45) is 0 Å². The maximum absolute atomic E-state index is 12.6. The second-order valence-electron chi connectivity index (χ2n) is 7.31. The summed E-state index contributed by atoms with van der Waals surface area (Å²) in [5.41, 5.74) is 3.61. The predicted molar refractivity (Wildman–Crippen MR) is 131 cm³/mol. The number of aryl methyl sites for hydroxylation is 1. The topological polar surface area (TPSA) is 63.9 Å². The van der Waals surface area contributed by atoms with E-state index < -0.39 is 0 Å². The summed E-state index contributed by atoms with van der Waals surface area (Å²) in [6.45, 7) is 2.42. The van der Waals surface area contributed by atoms with Gasteiger partial charge >= 0.3 is 0 Å². The van der Waals surface area contributed by atoms with Gasteiger partial charge in [-0.05, 0) is 61.6 Å². The number of carbonyl (C=O) groups excluding carboxylic acids is 1. The van der Waals surface area contributed by atoms with Crippen LogP contribution in [-0.4, -0.2) is 20.3 Å². The fraction of sp³-hybridized carbons (Fsp3) is 0.125. The van der Waals surface area contributed by atoms with Crippen LogP contribution in [0.25, 0.3) is 5.69 Å². The number of hydrogen-bond donors (Lipinski definition) is 2. The fourth-order valence-electron chi connectivity index (χ4n) is 3.26. The molecule has 8 heteroatoms. The summed E-state index contributed by atoms with van der Waals surface area (Å²) in [5.74, 6) is 0.487. The third-order valence-corrected chi connectivity index (χ3v) is 5.45. The molecular formula is C24H22ClN5OS. The zero-order chi connectivity index (χ0) is 22.5. The first-order valence-electron chi connectivity index (χ1n) is 10.1. The first kappa shape index (κ1) is 21.8. The second-order valence-corrected chi connectivity index (χ2v) is 8.11. The molecule has 0 unspecified atom stereocenters. The molecule has 4 aromatic rings. The Kier molecular flexibility index (Phi) is 6.68. The Bertz CT molecular complexity index is 1280. The minimum Gasteiger partial charge on any atom is -0.378 e. The van der Waals surface area contributed by atoms with Crippen LogP contribution in [0.2, 0.25) is 5.02 Å². The van der Waals surface area contributed by atoms with Crippen molar-refractivity contribution < 1.29 is 4.79 Å². The summed E-state index contributed by atoms with van der Waals surface area (Å²) < 4.78 is 3.85. The molecule has 2 N–H and O–H groups in total. The summed E-state index contributed by atoms with van der Waals surface area (Å²) in [6.07, 6.45) is 0. The summed E-state index contributed by atoms with van der Waals surface area (Å²) in [7, 11) is 0. The number of amides is 1. The third-order valence-electron chi connectivity index (χ3n) is 4.82. The molecule has 6 nitrogen and oxygen atoms in total. The molecule has 0 atom stereocenters. The van der Waals surface area contributed by atoms with E-state index in [0.717, 1.165) is 22.6 Å². The highest BCUT2D eigenvalue weighted by atomic mass is 35.5. The van der Waals surface area contributed by atoms with Crippen LogP contribution >= 0.6 is 23.8 Å². The molecule has 0 saturated heterocycles. The Balaban J connectivity index is 1.59. The van der Waals surface area contributed by atoms with Crippen LogP contribution in [0, 0.1) is 11.7 Å². The number of para-hydroxylation sites is 1. The number of aromatic nitrogens is 3. The van der Waals surface area contributed by atoms with E-state index in [1.54, 1.807) is 4.68 Å². The third kappa shape index (κ3) is 5.25. The smallest absolute Gasteiger partial charge is 0.246 e. The van der Waals surface area contributed by atoms with Crippen molar-refractivity contribution in [3.63, 3.8) is 0 Å². The Labute approximate surface area is 196 Å². The van der Waals surface area contributed by atoms with Gasteiger partial charge in [0.15, 0.2) is 5.82 Å². The van der Waals surface area contributed by atoms with Crippen molar-refractivity contribution in [3.05, 3.63) is 100 Å². The first-order chi connectivity index (χ1) is 15.5. The molecule has 32 heavy (non-hydrogen) atoms. The Morgan fingerprint density at radius 2 is 1.75 bits per heavy atom. The van der Waals surface area contributed by atoms with E-state index in [9.17, 15) is 4.79 Å². The van der Waals surface area contributed by atoms with Gasteiger partial charge in [0, 0.05) is 22.1 Å². The average Bonchev–Trinajstić information content (AvgIpc) is 3.09. The lowest BCUT2D eigenvalue weighted by Gasteiger charge is -2.09. The van der Waals surface area contributed by atoms with Gasteiger partial charge in [0.2, 0.25) is 10.7 Å². The van der Waals surface area contributed by atoms with Gasteiger partial charge in [-0.25, -0.2) is 4.68 Å². The number of halogens is 1. The van der Waals surface area contributed by atoms with Crippen LogP contribution in [0.3, 0.4) is 0 Å².